The minimum Gasteiger partial charge on any atom is -0.470 e. The molecule has 3 rings (SSSR count). The summed E-state index contributed by atoms with van der Waals surface area (Å²) in [5.74, 6) is 0.538. The molecule has 0 atom stereocenters. The minimum absolute atomic E-state index is 0.0108. The number of pyridine rings is 1. The van der Waals surface area contributed by atoms with Gasteiger partial charge in [0.25, 0.3) is 6.43 Å². The Labute approximate surface area is 175 Å². The standard InChI is InChI=1S/C19H17F2N9O/c1-4-17(26-25-12(2)30-10-13(7-22)8-24-30)31-11-16-18(27-28-29(16)3)15-6-5-14(9-23-15)19(20)21/h4-6,8-10,19H,1,11H2,2-3H3/b25-12+,26-17+. The highest BCUT2D eigenvalue weighted by molar-refractivity contribution is 5.88. The van der Waals surface area contributed by atoms with Crippen molar-refractivity contribution in [2.45, 2.75) is 20.0 Å². The average molecular weight is 425 g/mol. The molecule has 31 heavy (non-hydrogen) atoms. The normalized spacial score (nSPS) is 12.1. The van der Waals surface area contributed by atoms with Gasteiger partial charge in [-0.25, -0.2) is 18.1 Å². The van der Waals surface area contributed by atoms with Crippen molar-refractivity contribution in [3.8, 4) is 17.5 Å². The van der Waals surface area contributed by atoms with Crippen molar-refractivity contribution in [3.63, 3.8) is 0 Å². The van der Waals surface area contributed by atoms with Crippen molar-refractivity contribution < 1.29 is 13.5 Å². The second kappa shape index (κ2) is 9.49. The van der Waals surface area contributed by atoms with E-state index >= 15 is 0 Å². The first-order valence-corrected chi connectivity index (χ1v) is 8.88. The van der Waals surface area contributed by atoms with Gasteiger partial charge in [-0.1, -0.05) is 11.8 Å². The molecular weight excluding hydrogens is 408 g/mol. The molecule has 0 N–H and O–H groups in total. The Morgan fingerprint density at radius 2 is 2.16 bits per heavy atom. The van der Waals surface area contributed by atoms with Crippen LogP contribution in [0.5, 0.6) is 0 Å². The summed E-state index contributed by atoms with van der Waals surface area (Å²) in [7, 11) is 1.67. The van der Waals surface area contributed by atoms with E-state index in [0.29, 0.717) is 28.5 Å². The molecule has 158 valence electrons. The van der Waals surface area contributed by atoms with Crippen LogP contribution in [0.3, 0.4) is 0 Å². The Morgan fingerprint density at radius 1 is 1.35 bits per heavy atom. The summed E-state index contributed by atoms with van der Waals surface area (Å²) in [5, 5.41) is 28.9. The Bertz CT molecular complexity index is 1170. The van der Waals surface area contributed by atoms with Gasteiger partial charge in [0.05, 0.1) is 23.7 Å². The fourth-order valence-corrected chi connectivity index (χ4v) is 2.41. The lowest BCUT2D eigenvalue weighted by atomic mass is 10.2. The number of nitrogens with zero attached hydrogens (tertiary/aromatic N) is 9. The largest absolute Gasteiger partial charge is 0.470 e. The van der Waals surface area contributed by atoms with Crippen LogP contribution in [0.2, 0.25) is 0 Å². The molecule has 3 aromatic rings. The van der Waals surface area contributed by atoms with E-state index in [9.17, 15) is 8.78 Å². The summed E-state index contributed by atoms with van der Waals surface area (Å²) in [4.78, 5) is 4.04. The first-order valence-electron chi connectivity index (χ1n) is 8.88. The third-order valence-electron chi connectivity index (χ3n) is 4.09. The molecule has 0 spiro atoms. The first kappa shape index (κ1) is 21.4. The van der Waals surface area contributed by atoms with Crippen molar-refractivity contribution in [2.24, 2.45) is 17.3 Å². The number of halogens is 2. The highest BCUT2D eigenvalue weighted by Gasteiger charge is 2.16. The number of hydrogen-bond donors (Lipinski definition) is 0. The molecular formula is C19H17F2N9O. The van der Waals surface area contributed by atoms with Crippen LogP contribution in [0.15, 0.2) is 53.6 Å². The zero-order chi connectivity index (χ0) is 22.4. The van der Waals surface area contributed by atoms with Gasteiger partial charge in [0.15, 0.2) is 0 Å². The summed E-state index contributed by atoms with van der Waals surface area (Å²) in [6, 6.07) is 4.71. The van der Waals surface area contributed by atoms with Crippen LogP contribution in [-0.2, 0) is 18.4 Å². The zero-order valence-electron chi connectivity index (χ0n) is 16.6. The monoisotopic (exact) mass is 425 g/mol. The lowest BCUT2D eigenvalue weighted by molar-refractivity contribution is 0.151. The summed E-state index contributed by atoms with van der Waals surface area (Å²) in [6.45, 7) is 5.32. The van der Waals surface area contributed by atoms with E-state index < -0.39 is 6.43 Å². The average Bonchev–Trinajstić information content (AvgIpc) is 3.40. The number of rotatable bonds is 6. The van der Waals surface area contributed by atoms with Crippen LogP contribution >= 0.6 is 0 Å². The second-order valence-electron chi connectivity index (χ2n) is 6.15. The lowest BCUT2D eigenvalue weighted by Gasteiger charge is -2.07. The van der Waals surface area contributed by atoms with Crippen LogP contribution in [0.1, 0.15) is 30.2 Å². The van der Waals surface area contributed by atoms with E-state index in [-0.39, 0.29) is 18.1 Å². The molecule has 0 unspecified atom stereocenters. The molecule has 0 bridgehead atoms. The van der Waals surface area contributed by atoms with Gasteiger partial charge >= 0.3 is 0 Å². The smallest absolute Gasteiger partial charge is 0.265 e. The van der Waals surface area contributed by atoms with E-state index in [0.717, 1.165) is 6.20 Å². The van der Waals surface area contributed by atoms with Crippen LogP contribution in [0.4, 0.5) is 8.78 Å². The van der Waals surface area contributed by atoms with Gasteiger partial charge in [-0.3, -0.25) is 4.98 Å². The summed E-state index contributed by atoms with van der Waals surface area (Å²) < 4.78 is 34.0. The fourth-order valence-electron chi connectivity index (χ4n) is 2.41. The predicted molar refractivity (Wildman–Crippen MR) is 107 cm³/mol. The number of nitriles is 1. The molecule has 0 saturated heterocycles. The van der Waals surface area contributed by atoms with Crippen molar-refractivity contribution in [1.82, 2.24) is 29.8 Å². The van der Waals surface area contributed by atoms with E-state index in [1.807, 2.05) is 6.07 Å². The van der Waals surface area contributed by atoms with Crippen molar-refractivity contribution in [1.29, 1.82) is 5.26 Å². The number of aryl methyl sites for hydroxylation is 1. The quantitative estimate of drug-likeness (QED) is 0.340. The maximum Gasteiger partial charge on any atom is 0.265 e. The van der Waals surface area contributed by atoms with Gasteiger partial charge in [-0.2, -0.15) is 10.4 Å². The van der Waals surface area contributed by atoms with Crippen LogP contribution in [-0.4, -0.2) is 41.5 Å². The maximum atomic E-state index is 12.7. The minimum atomic E-state index is -2.60. The molecule has 0 aliphatic carbocycles. The summed E-state index contributed by atoms with van der Waals surface area (Å²) >= 11 is 0. The predicted octanol–water partition coefficient (Wildman–Crippen LogP) is 2.87. The first-order chi connectivity index (χ1) is 14.9. The number of alkyl halides is 2. The van der Waals surface area contributed by atoms with Gasteiger partial charge in [0.1, 0.15) is 29.9 Å². The molecule has 0 aliphatic rings. The lowest BCUT2D eigenvalue weighted by Crippen LogP contribution is -2.09. The molecule has 12 heteroatoms. The van der Waals surface area contributed by atoms with E-state index in [1.165, 1.54) is 40.0 Å². The third kappa shape index (κ3) is 5.02. The third-order valence-corrected chi connectivity index (χ3v) is 4.09. The van der Waals surface area contributed by atoms with Gasteiger partial charge in [0, 0.05) is 18.8 Å². The topological polar surface area (TPSA) is 119 Å². The SMILES string of the molecule is C=C/C(=N\N=C(/C)n1cc(C#N)cn1)OCc1c(-c2ccc(C(F)F)cn2)nnn1C. The molecule has 0 fully saturated rings. The second-order valence-corrected chi connectivity index (χ2v) is 6.15. The molecule has 10 nitrogen and oxygen atoms in total. The molecule has 0 saturated carbocycles. The van der Waals surface area contributed by atoms with Crippen LogP contribution in [0, 0.1) is 11.3 Å². The van der Waals surface area contributed by atoms with E-state index in [4.69, 9.17) is 10.00 Å². The highest BCUT2D eigenvalue weighted by Crippen LogP contribution is 2.23. The molecule has 0 amide bonds. The molecule has 0 aliphatic heterocycles. The van der Waals surface area contributed by atoms with Crippen LogP contribution < -0.4 is 0 Å². The van der Waals surface area contributed by atoms with Crippen molar-refractivity contribution in [3.05, 3.63) is 60.2 Å². The number of hydrogen-bond acceptors (Lipinski definition) is 8. The molecule has 0 aromatic carbocycles. The Kier molecular flexibility index (Phi) is 6.56. The molecule has 3 heterocycles. The number of aromatic nitrogens is 6. The maximum absolute atomic E-state index is 12.7. The van der Waals surface area contributed by atoms with Crippen molar-refractivity contribution >= 4 is 11.7 Å². The van der Waals surface area contributed by atoms with Gasteiger partial charge in [0.2, 0.25) is 5.90 Å². The number of ether oxygens (including phenoxy) is 1. The fraction of sp³-hybridized carbons (Fsp3) is 0.211. The highest BCUT2D eigenvalue weighted by atomic mass is 19.3. The van der Waals surface area contributed by atoms with E-state index in [1.54, 1.807) is 14.0 Å². The van der Waals surface area contributed by atoms with E-state index in [2.05, 4.69) is 37.2 Å². The zero-order valence-corrected chi connectivity index (χ0v) is 16.6. The molecule has 3 aromatic heterocycles. The van der Waals surface area contributed by atoms with Gasteiger partial charge in [-0.05, 0) is 25.1 Å². The van der Waals surface area contributed by atoms with Gasteiger partial charge < -0.3 is 4.74 Å². The Hall–Kier alpha value is -4.27. The Balaban J connectivity index is 1.76. The molecule has 0 radical (unpaired) electrons. The van der Waals surface area contributed by atoms with Crippen molar-refractivity contribution in [2.75, 3.05) is 0 Å². The summed E-state index contributed by atoms with van der Waals surface area (Å²) in [5.41, 5.74) is 1.54. The van der Waals surface area contributed by atoms with Gasteiger partial charge in [-0.15, -0.1) is 15.3 Å². The summed E-state index contributed by atoms with van der Waals surface area (Å²) in [6.07, 6.45) is 2.80. The van der Waals surface area contributed by atoms with Crippen LogP contribution in [0.25, 0.3) is 11.4 Å². The Morgan fingerprint density at radius 3 is 2.77 bits per heavy atom.